The van der Waals surface area contributed by atoms with Crippen LogP contribution in [0.2, 0.25) is 0 Å². The maximum absolute atomic E-state index is 12.1. The Hall–Kier alpha value is -3.35. The quantitative estimate of drug-likeness (QED) is 0.499. The summed E-state index contributed by atoms with van der Waals surface area (Å²) in [6.07, 6.45) is 2.91. The Kier molecular flexibility index (Phi) is 5.51. The van der Waals surface area contributed by atoms with Gasteiger partial charge in [-0.25, -0.2) is 0 Å². The molecule has 0 atom stereocenters. The molecule has 0 saturated carbocycles. The number of nitrogens with one attached hydrogen (secondary N) is 1. The van der Waals surface area contributed by atoms with Crippen LogP contribution < -0.4 is 14.8 Å². The lowest BCUT2D eigenvalue weighted by molar-refractivity contribution is -0.384. The molecule has 0 aliphatic heterocycles. The van der Waals surface area contributed by atoms with Gasteiger partial charge in [-0.15, -0.1) is 0 Å². The number of non-ortho nitro benzene ring substituents is 1. The second-order valence-corrected chi connectivity index (χ2v) is 4.71. The normalized spacial score (nSPS) is 10.4. The van der Waals surface area contributed by atoms with E-state index >= 15 is 0 Å². The fourth-order valence-electron chi connectivity index (χ4n) is 2.05. The van der Waals surface area contributed by atoms with E-state index in [0.717, 1.165) is 5.56 Å². The maximum atomic E-state index is 12.1. The first kappa shape index (κ1) is 17.0. The smallest absolute Gasteiger partial charge is 0.271 e. The number of carbonyl (C=O) groups is 1. The third kappa shape index (κ3) is 4.10. The van der Waals surface area contributed by atoms with Crippen LogP contribution in [-0.4, -0.2) is 25.1 Å². The van der Waals surface area contributed by atoms with E-state index in [1.807, 2.05) is 12.1 Å². The van der Waals surface area contributed by atoms with E-state index in [9.17, 15) is 14.9 Å². The van der Waals surface area contributed by atoms with Gasteiger partial charge in [-0.2, -0.15) is 0 Å². The first-order chi connectivity index (χ1) is 11.5. The fourth-order valence-corrected chi connectivity index (χ4v) is 2.05. The minimum atomic E-state index is -0.542. The number of nitrogens with zero attached hydrogens (tertiary/aromatic N) is 1. The predicted octanol–water partition coefficient (Wildman–Crippen LogP) is 3.26. The summed E-state index contributed by atoms with van der Waals surface area (Å²) in [6, 6.07) is 11.2. The lowest BCUT2D eigenvalue weighted by atomic mass is 10.2. The number of methoxy groups -OCH3 is 2. The lowest BCUT2D eigenvalue weighted by Gasteiger charge is -2.08. The van der Waals surface area contributed by atoms with Crippen LogP contribution in [0, 0.1) is 10.1 Å². The highest BCUT2D eigenvalue weighted by Crippen LogP contribution is 2.29. The van der Waals surface area contributed by atoms with Crippen LogP contribution in [0.25, 0.3) is 6.08 Å². The average molecular weight is 328 g/mol. The number of anilines is 1. The first-order valence-electron chi connectivity index (χ1n) is 6.99. The Balaban J connectivity index is 2.19. The molecule has 0 heterocycles. The zero-order valence-electron chi connectivity index (χ0n) is 13.2. The fraction of sp³-hybridized carbons (Fsp3) is 0.118. The minimum Gasteiger partial charge on any atom is -0.496 e. The van der Waals surface area contributed by atoms with Crippen molar-refractivity contribution in [1.82, 2.24) is 0 Å². The molecule has 0 bridgehead atoms. The monoisotopic (exact) mass is 328 g/mol. The SMILES string of the molecule is COc1ccccc1/C=C/C(=O)Nc1cc([N+](=O)[O-])ccc1OC. The molecule has 0 saturated heterocycles. The zero-order chi connectivity index (χ0) is 17.5. The number of para-hydroxylation sites is 1. The highest BCUT2D eigenvalue weighted by Gasteiger charge is 2.12. The van der Waals surface area contributed by atoms with Gasteiger partial charge in [0.1, 0.15) is 11.5 Å². The van der Waals surface area contributed by atoms with Crippen LogP contribution in [-0.2, 0) is 4.79 Å². The highest BCUT2D eigenvalue weighted by atomic mass is 16.6. The third-order valence-corrected chi connectivity index (χ3v) is 3.20. The first-order valence-corrected chi connectivity index (χ1v) is 6.99. The lowest BCUT2D eigenvalue weighted by Crippen LogP contribution is -2.09. The van der Waals surface area contributed by atoms with E-state index in [1.54, 1.807) is 25.3 Å². The number of nitro benzene ring substituents is 1. The van der Waals surface area contributed by atoms with E-state index in [1.165, 1.54) is 31.4 Å². The molecule has 2 rings (SSSR count). The summed E-state index contributed by atoms with van der Waals surface area (Å²) < 4.78 is 10.3. The zero-order valence-corrected chi connectivity index (χ0v) is 13.2. The van der Waals surface area contributed by atoms with Gasteiger partial charge in [-0.3, -0.25) is 14.9 Å². The van der Waals surface area contributed by atoms with Crippen molar-refractivity contribution in [2.24, 2.45) is 0 Å². The number of ether oxygens (including phenoxy) is 2. The van der Waals surface area contributed by atoms with Gasteiger partial charge in [0.15, 0.2) is 0 Å². The Bertz CT molecular complexity index is 786. The van der Waals surface area contributed by atoms with Crippen molar-refractivity contribution in [2.45, 2.75) is 0 Å². The van der Waals surface area contributed by atoms with Crippen molar-refractivity contribution in [3.05, 3.63) is 64.2 Å². The molecule has 0 aliphatic rings. The molecule has 1 amide bonds. The summed E-state index contributed by atoms with van der Waals surface area (Å²) in [5.41, 5.74) is 0.822. The van der Waals surface area contributed by atoms with Gasteiger partial charge in [0.2, 0.25) is 5.91 Å². The summed E-state index contributed by atoms with van der Waals surface area (Å²) in [5, 5.41) is 13.4. The van der Waals surface area contributed by atoms with Crippen LogP contribution in [0.15, 0.2) is 48.5 Å². The molecule has 0 radical (unpaired) electrons. The summed E-state index contributed by atoms with van der Waals surface area (Å²) in [7, 11) is 2.96. The van der Waals surface area contributed by atoms with Crippen LogP contribution in [0.5, 0.6) is 11.5 Å². The van der Waals surface area contributed by atoms with Gasteiger partial charge in [-0.1, -0.05) is 18.2 Å². The van der Waals surface area contributed by atoms with Crippen LogP contribution in [0.1, 0.15) is 5.56 Å². The molecule has 2 aromatic rings. The van der Waals surface area contributed by atoms with E-state index < -0.39 is 10.8 Å². The van der Waals surface area contributed by atoms with Crippen molar-refractivity contribution in [3.8, 4) is 11.5 Å². The van der Waals surface area contributed by atoms with Gasteiger partial charge >= 0.3 is 0 Å². The number of rotatable bonds is 6. The highest BCUT2D eigenvalue weighted by molar-refractivity contribution is 6.03. The largest absolute Gasteiger partial charge is 0.496 e. The molecule has 24 heavy (non-hydrogen) atoms. The standard InChI is InChI=1S/C17H16N2O5/c1-23-15-6-4-3-5-12(15)7-10-17(20)18-14-11-13(19(21)22)8-9-16(14)24-2/h3-11H,1-2H3,(H,18,20)/b10-7+. The van der Waals surface area contributed by atoms with E-state index in [0.29, 0.717) is 11.5 Å². The second-order valence-electron chi connectivity index (χ2n) is 4.71. The topological polar surface area (TPSA) is 90.7 Å². The van der Waals surface area contributed by atoms with Crippen molar-refractivity contribution >= 4 is 23.4 Å². The summed E-state index contributed by atoms with van der Waals surface area (Å²) in [5.74, 6) is 0.522. The molecule has 0 aliphatic carbocycles. The van der Waals surface area contributed by atoms with Gasteiger partial charge in [-0.05, 0) is 18.2 Å². The maximum Gasteiger partial charge on any atom is 0.271 e. The Labute approximate surface area is 138 Å². The minimum absolute atomic E-state index is 0.139. The van der Waals surface area contributed by atoms with E-state index in [-0.39, 0.29) is 11.4 Å². The molecule has 124 valence electrons. The van der Waals surface area contributed by atoms with E-state index in [4.69, 9.17) is 9.47 Å². The van der Waals surface area contributed by atoms with Crippen molar-refractivity contribution in [3.63, 3.8) is 0 Å². The van der Waals surface area contributed by atoms with Crippen molar-refractivity contribution in [1.29, 1.82) is 0 Å². The molecule has 0 aromatic heterocycles. The number of benzene rings is 2. The Morgan fingerprint density at radius 1 is 1.12 bits per heavy atom. The van der Waals surface area contributed by atoms with Crippen molar-refractivity contribution in [2.75, 3.05) is 19.5 Å². The molecular weight excluding hydrogens is 312 g/mol. The van der Waals surface area contributed by atoms with Crippen LogP contribution in [0.4, 0.5) is 11.4 Å². The molecule has 7 nitrogen and oxygen atoms in total. The van der Waals surface area contributed by atoms with Gasteiger partial charge < -0.3 is 14.8 Å². The predicted molar refractivity (Wildman–Crippen MR) is 90.3 cm³/mol. The molecule has 2 aromatic carbocycles. The number of hydrogen-bond donors (Lipinski definition) is 1. The average Bonchev–Trinajstić information content (AvgIpc) is 2.60. The van der Waals surface area contributed by atoms with Crippen LogP contribution in [0.3, 0.4) is 0 Å². The summed E-state index contributed by atoms with van der Waals surface area (Å²) in [6.45, 7) is 0. The number of hydrogen-bond acceptors (Lipinski definition) is 5. The Morgan fingerprint density at radius 2 is 1.83 bits per heavy atom. The molecule has 1 N–H and O–H groups in total. The van der Waals surface area contributed by atoms with Gasteiger partial charge in [0.05, 0.1) is 24.8 Å². The van der Waals surface area contributed by atoms with Crippen LogP contribution >= 0.6 is 0 Å². The molecule has 0 spiro atoms. The van der Waals surface area contributed by atoms with Gasteiger partial charge in [0.25, 0.3) is 5.69 Å². The van der Waals surface area contributed by atoms with Gasteiger partial charge in [0, 0.05) is 23.8 Å². The number of carbonyl (C=O) groups excluding carboxylic acids is 1. The summed E-state index contributed by atoms with van der Waals surface area (Å²) in [4.78, 5) is 22.4. The Morgan fingerprint density at radius 3 is 2.50 bits per heavy atom. The molecule has 0 unspecified atom stereocenters. The molecule has 0 fully saturated rings. The second kappa shape index (κ2) is 7.77. The number of amides is 1. The third-order valence-electron chi connectivity index (χ3n) is 3.20. The van der Waals surface area contributed by atoms with Crippen molar-refractivity contribution < 1.29 is 19.2 Å². The molecule has 7 heteroatoms. The number of nitro groups is 1. The van der Waals surface area contributed by atoms with E-state index in [2.05, 4.69) is 5.32 Å². The summed E-state index contributed by atoms with van der Waals surface area (Å²) >= 11 is 0. The molecular formula is C17H16N2O5.